The smallest absolute Gasteiger partial charge is 0.119 e. The number of aliphatic hydroxyl groups is 1. The monoisotopic (exact) mass is 305 g/mol. The molecule has 0 aliphatic carbocycles. The summed E-state index contributed by atoms with van der Waals surface area (Å²) in [6.07, 6.45) is 3.42. The highest BCUT2D eigenvalue weighted by Crippen LogP contribution is 2.22. The summed E-state index contributed by atoms with van der Waals surface area (Å²) in [7, 11) is 0. The van der Waals surface area contributed by atoms with Crippen LogP contribution >= 0.6 is 0 Å². The van der Waals surface area contributed by atoms with Gasteiger partial charge in [0.25, 0.3) is 0 Å². The predicted octanol–water partition coefficient (Wildman–Crippen LogP) is 2.45. The van der Waals surface area contributed by atoms with Gasteiger partial charge in [-0.15, -0.1) is 0 Å². The molecule has 0 radical (unpaired) electrons. The van der Waals surface area contributed by atoms with E-state index in [2.05, 4.69) is 17.0 Å². The third-order valence-electron chi connectivity index (χ3n) is 4.78. The molecule has 3 unspecified atom stereocenters. The second-order valence-corrected chi connectivity index (χ2v) is 6.61. The standard InChI is InChI=1S/C18H27NO3/c1-14(20)16-8-9-19(12-16)11-15-4-6-17(7-5-15)22-13-18-3-2-10-21-18/h4-7,14,16,18,20H,2-3,8-13H2,1H3. The van der Waals surface area contributed by atoms with Crippen LogP contribution in [0.4, 0.5) is 0 Å². The van der Waals surface area contributed by atoms with Gasteiger partial charge >= 0.3 is 0 Å². The topological polar surface area (TPSA) is 41.9 Å². The lowest BCUT2D eigenvalue weighted by atomic mass is 10.0. The molecule has 0 spiro atoms. The van der Waals surface area contributed by atoms with Crippen molar-refractivity contribution in [1.29, 1.82) is 0 Å². The van der Waals surface area contributed by atoms with Crippen LogP contribution in [0.25, 0.3) is 0 Å². The number of benzene rings is 1. The summed E-state index contributed by atoms with van der Waals surface area (Å²) in [4.78, 5) is 2.42. The van der Waals surface area contributed by atoms with Crippen LogP contribution in [0, 0.1) is 5.92 Å². The third kappa shape index (κ3) is 4.22. The fourth-order valence-electron chi connectivity index (χ4n) is 3.31. The Bertz CT molecular complexity index is 454. The van der Waals surface area contributed by atoms with Gasteiger partial charge in [0, 0.05) is 19.7 Å². The molecule has 2 aliphatic rings. The Labute approximate surface area is 133 Å². The van der Waals surface area contributed by atoms with Gasteiger partial charge in [0.1, 0.15) is 12.4 Å². The second kappa shape index (κ2) is 7.44. The third-order valence-corrected chi connectivity index (χ3v) is 4.78. The number of nitrogens with zero attached hydrogens (tertiary/aromatic N) is 1. The van der Waals surface area contributed by atoms with Gasteiger partial charge in [0.2, 0.25) is 0 Å². The molecule has 22 heavy (non-hydrogen) atoms. The highest BCUT2D eigenvalue weighted by atomic mass is 16.5. The maximum atomic E-state index is 9.67. The summed E-state index contributed by atoms with van der Waals surface area (Å²) in [5.74, 6) is 1.34. The zero-order valence-corrected chi connectivity index (χ0v) is 13.4. The molecule has 3 atom stereocenters. The van der Waals surface area contributed by atoms with E-state index < -0.39 is 0 Å². The Morgan fingerprint density at radius 2 is 2.14 bits per heavy atom. The van der Waals surface area contributed by atoms with Crippen LogP contribution in [-0.2, 0) is 11.3 Å². The van der Waals surface area contributed by atoms with Crippen molar-refractivity contribution in [2.24, 2.45) is 5.92 Å². The Morgan fingerprint density at radius 1 is 1.32 bits per heavy atom. The van der Waals surface area contributed by atoms with E-state index in [1.807, 2.05) is 19.1 Å². The Kier molecular flexibility index (Phi) is 5.34. The van der Waals surface area contributed by atoms with Gasteiger partial charge in [-0.2, -0.15) is 0 Å². The number of rotatable bonds is 6. The highest BCUT2D eigenvalue weighted by Gasteiger charge is 2.25. The van der Waals surface area contributed by atoms with Crippen molar-refractivity contribution < 1.29 is 14.6 Å². The van der Waals surface area contributed by atoms with Gasteiger partial charge in [0.15, 0.2) is 0 Å². The van der Waals surface area contributed by atoms with Gasteiger partial charge in [-0.05, 0) is 56.3 Å². The molecule has 0 saturated carbocycles. The molecule has 4 heteroatoms. The lowest BCUT2D eigenvalue weighted by Gasteiger charge is -2.17. The first-order chi connectivity index (χ1) is 10.7. The van der Waals surface area contributed by atoms with E-state index in [0.717, 1.165) is 51.3 Å². The molecule has 1 aromatic carbocycles. The maximum absolute atomic E-state index is 9.67. The van der Waals surface area contributed by atoms with Crippen LogP contribution in [0.1, 0.15) is 31.7 Å². The van der Waals surface area contributed by atoms with Crippen LogP contribution in [0.15, 0.2) is 24.3 Å². The van der Waals surface area contributed by atoms with Crippen molar-refractivity contribution >= 4 is 0 Å². The molecule has 1 aromatic rings. The van der Waals surface area contributed by atoms with Gasteiger partial charge < -0.3 is 14.6 Å². The van der Waals surface area contributed by atoms with Crippen molar-refractivity contribution in [3.05, 3.63) is 29.8 Å². The van der Waals surface area contributed by atoms with Crippen molar-refractivity contribution in [3.8, 4) is 5.75 Å². The summed E-state index contributed by atoms with van der Waals surface area (Å²) >= 11 is 0. The minimum Gasteiger partial charge on any atom is -0.491 e. The Hall–Kier alpha value is -1.10. The molecule has 4 nitrogen and oxygen atoms in total. The quantitative estimate of drug-likeness (QED) is 0.876. The molecule has 0 amide bonds. The lowest BCUT2D eigenvalue weighted by Crippen LogP contribution is -2.23. The van der Waals surface area contributed by atoms with Gasteiger partial charge in [-0.3, -0.25) is 4.90 Å². The summed E-state index contributed by atoms with van der Waals surface area (Å²) < 4.78 is 11.4. The Morgan fingerprint density at radius 3 is 2.77 bits per heavy atom. The molecule has 3 rings (SSSR count). The van der Waals surface area contributed by atoms with E-state index in [9.17, 15) is 5.11 Å². The minimum absolute atomic E-state index is 0.196. The van der Waals surface area contributed by atoms with E-state index in [-0.39, 0.29) is 12.2 Å². The molecule has 2 fully saturated rings. The summed E-state index contributed by atoms with van der Waals surface area (Å²) in [5.41, 5.74) is 1.30. The van der Waals surface area contributed by atoms with E-state index in [1.54, 1.807) is 0 Å². The van der Waals surface area contributed by atoms with E-state index >= 15 is 0 Å². The summed E-state index contributed by atoms with van der Waals surface area (Å²) in [6, 6.07) is 8.38. The van der Waals surface area contributed by atoms with E-state index in [0.29, 0.717) is 12.5 Å². The molecule has 122 valence electrons. The largest absolute Gasteiger partial charge is 0.491 e. The zero-order chi connectivity index (χ0) is 15.4. The van der Waals surface area contributed by atoms with Gasteiger partial charge in [-0.1, -0.05) is 12.1 Å². The fraction of sp³-hybridized carbons (Fsp3) is 0.667. The van der Waals surface area contributed by atoms with Crippen molar-refractivity contribution in [2.45, 2.75) is 44.9 Å². The average Bonchev–Trinajstić information content (AvgIpc) is 3.18. The van der Waals surface area contributed by atoms with Gasteiger partial charge in [0.05, 0.1) is 12.2 Å². The fourth-order valence-corrected chi connectivity index (χ4v) is 3.31. The van der Waals surface area contributed by atoms with Crippen LogP contribution in [-0.4, -0.2) is 48.5 Å². The average molecular weight is 305 g/mol. The number of hydrogen-bond donors (Lipinski definition) is 1. The van der Waals surface area contributed by atoms with Crippen molar-refractivity contribution in [3.63, 3.8) is 0 Å². The first-order valence-corrected chi connectivity index (χ1v) is 8.44. The van der Waals surface area contributed by atoms with Crippen LogP contribution in [0.2, 0.25) is 0 Å². The molecule has 0 bridgehead atoms. The summed E-state index contributed by atoms with van der Waals surface area (Å²) in [5, 5.41) is 9.67. The number of aliphatic hydroxyl groups excluding tert-OH is 1. The highest BCUT2D eigenvalue weighted by molar-refractivity contribution is 5.27. The van der Waals surface area contributed by atoms with Crippen LogP contribution < -0.4 is 4.74 Å². The van der Waals surface area contributed by atoms with Crippen molar-refractivity contribution in [2.75, 3.05) is 26.3 Å². The Balaban J connectivity index is 1.45. The van der Waals surface area contributed by atoms with Crippen molar-refractivity contribution in [1.82, 2.24) is 4.90 Å². The molecule has 1 N–H and O–H groups in total. The molecule has 2 saturated heterocycles. The lowest BCUT2D eigenvalue weighted by molar-refractivity contribution is 0.0679. The predicted molar refractivity (Wildman–Crippen MR) is 86.0 cm³/mol. The first kappa shape index (κ1) is 15.8. The number of likely N-dealkylation sites (tertiary alicyclic amines) is 1. The second-order valence-electron chi connectivity index (χ2n) is 6.61. The maximum Gasteiger partial charge on any atom is 0.119 e. The molecule has 2 heterocycles. The minimum atomic E-state index is -0.196. The number of ether oxygens (including phenoxy) is 2. The van der Waals surface area contributed by atoms with E-state index in [1.165, 1.54) is 5.56 Å². The van der Waals surface area contributed by atoms with Crippen LogP contribution in [0.3, 0.4) is 0 Å². The number of hydrogen-bond acceptors (Lipinski definition) is 4. The van der Waals surface area contributed by atoms with E-state index in [4.69, 9.17) is 9.47 Å². The molecular weight excluding hydrogens is 278 g/mol. The SMILES string of the molecule is CC(O)C1CCN(Cc2ccc(OCC3CCCO3)cc2)C1. The van der Waals surface area contributed by atoms with Crippen LogP contribution in [0.5, 0.6) is 5.75 Å². The zero-order valence-electron chi connectivity index (χ0n) is 13.4. The molecule has 2 aliphatic heterocycles. The normalized spacial score (nSPS) is 27.2. The molecule has 0 aromatic heterocycles. The van der Waals surface area contributed by atoms with Gasteiger partial charge in [-0.25, -0.2) is 0 Å². The first-order valence-electron chi connectivity index (χ1n) is 8.44. The molecular formula is C18H27NO3. The summed E-state index contributed by atoms with van der Waals surface area (Å²) in [6.45, 7) is 6.45.